The molecule has 1 aliphatic rings. The van der Waals surface area contributed by atoms with Gasteiger partial charge in [-0.05, 0) is 38.1 Å². The number of halogens is 1. The summed E-state index contributed by atoms with van der Waals surface area (Å²) in [6, 6.07) is 3.08. The Morgan fingerprint density at radius 2 is 2.05 bits per heavy atom. The van der Waals surface area contributed by atoms with Crippen LogP contribution in [-0.2, 0) is 6.54 Å². The van der Waals surface area contributed by atoms with Crippen LogP contribution in [-0.4, -0.2) is 23.1 Å². The van der Waals surface area contributed by atoms with Crippen molar-refractivity contribution < 1.29 is 9.52 Å². The highest BCUT2D eigenvalue weighted by atomic mass is 35.5. The van der Waals surface area contributed by atoms with Crippen LogP contribution >= 0.6 is 11.6 Å². The van der Waals surface area contributed by atoms with Crippen molar-refractivity contribution >= 4 is 22.6 Å². The molecule has 19 heavy (non-hydrogen) atoms. The standard InChI is InChI=1S/C14H14ClNO3/c15-11-8-19-14-9(13(11)18)3-4-12(17)10(14)7-16-5-1-2-6-16/h3-4,8,17H,1-2,5-7H2. The minimum atomic E-state index is -0.259. The second-order valence-electron chi connectivity index (χ2n) is 4.84. The van der Waals surface area contributed by atoms with E-state index in [2.05, 4.69) is 4.90 Å². The molecule has 0 amide bonds. The topological polar surface area (TPSA) is 53.7 Å². The molecule has 1 aliphatic heterocycles. The number of benzene rings is 1. The summed E-state index contributed by atoms with van der Waals surface area (Å²) in [5.74, 6) is 0.157. The van der Waals surface area contributed by atoms with Gasteiger partial charge in [0.05, 0.1) is 10.9 Å². The number of aromatic hydroxyl groups is 1. The molecule has 1 saturated heterocycles. The first-order chi connectivity index (χ1) is 9.16. The van der Waals surface area contributed by atoms with Crippen LogP contribution in [0.2, 0.25) is 5.02 Å². The predicted octanol–water partition coefficient (Wildman–Crippen LogP) is 2.75. The molecule has 5 heteroatoms. The number of rotatable bonds is 2. The van der Waals surface area contributed by atoms with E-state index in [0.717, 1.165) is 13.1 Å². The van der Waals surface area contributed by atoms with E-state index >= 15 is 0 Å². The second kappa shape index (κ2) is 4.87. The SMILES string of the molecule is O=c1c(Cl)coc2c(CN3CCCC3)c(O)ccc12. The Morgan fingerprint density at radius 3 is 2.79 bits per heavy atom. The minimum absolute atomic E-state index is 0.0605. The van der Waals surface area contributed by atoms with Crippen LogP contribution in [0, 0.1) is 0 Å². The van der Waals surface area contributed by atoms with Crippen molar-refractivity contribution in [1.29, 1.82) is 0 Å². The number of fused-ring (bicyclic) bond motifs is 1. The average Bonchev–Trinajstić information content (AvgIpc) is 2.90. The van der Waals surface area contributed by atoms with E-state index in [1.807, 2.05) is 0 Å². The van der Waals surface area contributed by atoms with Gasteiger partial charge < -0.3 is 9.52 Å². The Kier molecular flexibility index (Phi) is 3.21. The van der Waals surface area contributed by atoms with Gasteiger partial charge in [0.2, 0.25) is 5.43 Å². The fourth-order valence-electron chi connectivity index (χ4n) is 2.54. The van der Waals surface area contributed by atoms with E-state index in [0.29, 0.717) is 23.1 Å². The van der Waals surface area contributed by atoms with Gasteiger partial charge in [-0.25, -0.2) is 0 Å². The van der Waals surface area contributed by atoms with Gasteiger partial charge in [-0.2, -0.15) is 0 Å². The lowest BCUT2D eigenvalue weighted by Gasteiger charge is -2.16. The molecule has 0 unspecified atom stereocenters. The van der Waals surface area contributed by atoms with Crippen LogP contribution in [0.3, 0.4) is 0 Å². The quantitative estimate of drug-likeness (QED) is 0.918. The van der Waals surface area contributed by atoms with Gasteiger partial charge in [-0.3, -0.25) is 9.69 Å². The summed E-state index contributed by atoms with van der Waals surface area (Å²) in [7, 11) is 0. The summed E-state index contributed by atoms with van der Waals surface area (Å²) in [5.41, 5.74) is 0.833. The maximum Gasteiger partial charge on any atom is 0.211 e. The summed E-state index contributed by atoms with van der Waals surface area (Å²) in [6.07, 6.45) is 3.57. The monoisotopic (exact) mass is 279 g/mol. The molecule has 1 aromatic heterocycles. The molecule has 2 heterocycles. The Labute approximate surface area is 115 Å². The summed E-state index contributed by atoms with van der Waals surface area (Å²) in [5, 5.41) is 10.5. The zero-order valence-corrected chi connectivity index (χ0v) is 11.1. The van der Waals surface area contributed by atoms with E-state index < -0.39 is 0 Å². The second-order valence-corrected chi connectivity index (χ2v) is 5.24. The first-order valence-electron chi connectivity index (χ1n) is 6.31. The van der Waals surface area contributed by atoms with E-state index in [1.165, 1.54) is 25.2 Å². The number of nitrogens with zero attached hydrogens (tertiary/aromatic N) is 1. The lowest BCUT2D eigenvalue weighted by Crippen LogP contribution is -2.19. The lowest BCUT2D eigenvalue weighted by atomic mass is 10.1. The van der Waals surface area contributed by atoms with Gasteiger partial charge in [0.15, 0.2) is 0 Å². The number of phenolic OH excluding ortho intramolecular Hbond substituents is 1. The zero-order chi connectivity index (χ0) is 13.4. The highest BCUT2D eigenvalue weighted by Crippen LogP contribution is 2.28. The van der Waals surface area contributed by atoms with Crippen LogP contribution in [0.1, 0.15) is 18.4 Å². The van der Waals surface area contributed by atoms with Gasteiger partial charge in [-0.15, -0.1) is 0 Å². The number of likely N-dealkylation sites (tertiary alicyclic amines) is 1. The van der Waals surface area contributed by atoms with Gasteiger partial charge >= 0.3 is 0 Å². The third-order valence-corrected chi connectivity index (χ3v) is 3.82. The summed E-state index contributed by atoms with van der Waals surface area (Å²) < 4.78 is 5.43. The minimum Gasteiger partial charge on any atom is -0.507 e. The molecule has 4 nitrogen and oxygen atoms in total. The van der Waals surface area contributed by atoms with Crippen molar-refractivity contribution in [3.05, 3.63) is 39.2 Å². The van der Waals surface area contributed by atoms with Crippen LogP contribution in [0.25, 0.3) is 11.0 Å². The highest BCUT2D eigenvalue weighted by molar-refractivity contribution is 6.30. The molecule has 3 rings (SSSR count). The third kappa shape index (κ3) is 2.22. The average molecular weight is 280 g/mol. The van der Waals surface area contributed by atoms with E-state index in [9.17, 15) is 9.90 Å². The molecule has 100 valence electrons. The van der Waals surface area contributed by atoms with Gasteiger partial charge in [0, 0.05) is 6.54 Å². The van der Waals surface area contributed by atoms with Crippen LogP contribution in [0.4, 0.5) is 0 Å². The molecule has 0 spiro atoms. The molecule has 1 N–H and O–H groups in total. The molecule has 0 saturated carbocycles. The molecule has 0 aliphatic carbocycles. The molecule has 2 aromatic rings. The Balaban J connectivity index is 2.13. The van der Waals surface area contributed by atoms with Crippen molar-refractivity contribution in [2.75, 3.05) is 13.1 Å². The number of phenols is 1. The van der Waals surface area contributed by atoms with Crippen molar-refractivity contribution in [1.82, 2.24) is 4.90 Å². The van der Waals surface area contributed by atoms with E-state index in [4.69, 9.17) is 16.0 Å². The maximum atomic E-state index is 11.9. The highest BCUT2D eigenvalue weighted by Gasteiger charge is 2.18. The lowest BCUT2D eigenvalue weighted by molar-refractivity contribution is 0.323. The summed E-state index contributed by atoms with van der Waals surface area (Å²) in [4.78, 5) is 14.2. The molecule has 0 atom stereocenters. The van der Waals surface area contributed by atoms with Gasteiger partial charge in [-0.1, -0.05) is 11.6 Å². The van der Waals surface area contributed by atoms with Crippen molar-refractivity contribution in [3.8, 4) is 5.75 Å². The molecule has 0 bridgehead atoms. The fourth-order valence-corrected chi connectivity index (χ4v) is 2.69. The Hall–Kier alpha value is -1.52. The zero-order valence-electron chi connectivity index (χ0n) is 10.4. The Bertz CT molecular complexity index is 674. The number of hydrogen-bond acceptors (Lipinski definition) is 4. The maximum absolute atomic E-state index is 11.9. The smallest absolute Gasteiger partial charge is 0.211 e. The summed E-state index contributed by atoms with van der Waals surface area (Å²) in [6.45, 7) is 2.61. The predicted molar refractivity (Wildman–Crippen MR) is 73.7 cm³/mol. The van der Waals surface area contributed by atoms with Gasteiger partial charge in [0.25, 0.3) is 0 Å². The normalized spacial score (nSPS) is 16.3. The molecule has 0 radical (unpaired) electrons. The molecular formula is C14H14ClNO3. The molecule has 1 aromatic carbocycles. The third-order valence-electron chi connectivity index (χ3n) is 3.56. The van der Waals surface area contributed by atoms with Crippen molar-refractivity contribution in [2.45, 2.75) is 19.4 Å². The first-order valence-corrected chi connectivity index (χ1v) is 6.69. The van der Waals surface area contributed by atoms with E-state index in [1.54, 1.807) is 6.07 Å². The fraction of sp³-hybridized carbons (Fsp3) is 0.357. The van der Waals surface area contributed by atoms with Crippen LogP contribution < -0.4 is 5.43 Å². The largest absolute Gasteiger partial charge is 0.507 e. The van der Waals surface area contributed by atoms with Crippen LogP contribution in [0.15, 0.2) is 27.6 Å². The first kappa shape index (κ1) is 12.5. The van der Waals surface area contributed by atoms with Crippen molar-refractivity contribution in [2.24, 2.45) is 0 Å². The van der Waals surface area contributed by atoms with Crippen molar-refractivity contribution in [3.63, 3.8) is 0 Å². The number of hydrogen-bond donors (Lipinski definition) is 1. The van der Waals surface area contributed by atoms with Gasteiger partial charge in [0.1, 0.15) is 22.6 Å². The Morgan fingerprint density at radius 1 is 1.32 bits per heavy atom. The molecule has 1 fully saturated rings. The summed E-state index contributed by atoms with van der Waals surface area (Å²) >= 11 is 5.77. The molecular weight excluding hydrogens is 266 g/mol. The van der Waals surface area contributed by atoms with Crippen LogP contribution in [0.5, 0.6) is 5.75 Å². The van der Waals surface area contributed by atoms with E-state index in [-0.39, 0.29) is 16.2 Å².